The molecular formula is C24H21O6P. The fourth-order valence-electron chi connectivity index (χ4n) is 3.27. The highest BCUT2D eigenvalue weighted by Crippen LogP contribution is 2.41. The molecule has 7 heteroatoms. The molecule has 3 aromatic carbocycles. The molecule has 0 aliphatic heterocycles. The SMILES string of the molecule is Cc1ccc(C(=O)c2c(C)ccc(C(=O)P(=O)(O)O)c2C(=O)c2ccc(C)cc2)cc1. The molecule has 3 rings (SSSR count). The van der Waals surface area contributed by atoms with Gasteiger partial charge >= 0.3 is 7.60 Å². The number of ketones is 2. The maximum Gasteiger partial charge on any atom is 0.396 e. The summed E-state index contributed by atoms with van der Waals surface area (Å²) in [6.45, 7) is 5.32. The zero-order valence-corrected chi connectivity index (χ0v) is 18.1. The lowest BCUT2D eigenvalue weighted by molar-refractivity contribution is 0.0991. The Morgan fingerprint density at radius 3 is 1.48 bits per heavy atom. The Morgan fingerprint density at radius 2 is 1.06 bits per heavy atom. The first kappa shape index (κ1) is 22.5. The Kier molecular flexibility index (Phi) is 6.18. The third kappa shape index (κ3) is 4.62. The van der Waals surface area contributed by atoms with Crippen molar-refractivity contribution in [2.24, 2.45) is 0 Å². The van der Waals surface area contributed by atoms with Crippen LogP contribution in [0, 0.1) is 20.8 Å². The van der Waals surface area contributed by atoms with E-state index in [2.05, 4.69) is 0 Å². The van der Waals surface area contributed by atoms with E-state index >= 15 is 0 Å². The molecule has 158 valence electrons. The van der Waals surface area contributed by atoms with Crippen molar-refractivity contribution in [3.05, 3.63) is 105 Å². The number of aryl methyl sites for hydroxylation is 3. The first-order valence-corrected chi connectivity index (χ1v) is 11.1. The second-order valence-corrected chi connectivity index (χ2v) is 8.91. The predicted molar refractivity (Wildman–Crippen MR) is 117 cm³/mol. The lowest BCUT2D eigenvalue weighted by atomic mass is 9.87. The first-order chi connectivity index (χ1) is 14.5. The van der Waals surface area contributed by atoms with Gasteiger partial charge in [-0.1, -0.05) is 65.7 Å². The minimum Gasteiger partial charge on any atom is -0.319 e. The summed E-state index contributed by atoms with van der Waals surface area (Å²) in [5, 5.41) is 0. The van der Waals surface area contributed by atoms with E-state index in [1.165, 1.54) is 12.1 Å². The lowest BCUT2D eigenvalue weighted by Gasteiger charge is -2.16. The Hall–Kier alpha value is -3.18. The van der Waals surface area contributed by atoms with Gasteiger partial charge in [-0.05, 0) is 32.4 Å². The van der Waals surface area contributed by atoms with Crippen molar-refractivity contribution in [3.8, 4) is 0 Å². The van der Waals surface area contributed by atoms with Crippen molar-refractivity contribution in [1.82, 2.24) is 0 Å². The molecular weight excluding hydrogens is 415 g/mol. The Morgan fingerprint density at radius 1 is 0.645 bits per heavy atom. The molecule has 0 aliphatic carbocycles. The molecule has 0 fully saturated rings. The molecule has 0 atom stereocenters. The second-order valence-electron chi connectivity index (χ2n) is 7.42. The van der Waals surface area contributed by atoms with E-state index in [0.29, 0.717) is 11.1 Å². The summed E-state index contributed by atoms with van der Waals surface area (Å²) in [7, 11) is -5.19. The highest BCUT2D eigenvalue weighted by atomic mass is 31.2. The van der Waals surface area contributed by atoms with Gasteiger partial charge in [0, 0.05) is 27.8 Å². The van der Waals surface area contributed by atoms with E-state index < -0.39 is 30.3 Å². The van der Waals surface area contributed by atoms with Crippen LogP contribution in [0.5, 0.6) is 0 Å². The molecule has 0 amide bonds. The topological polar surface area (TPSA) is 109 Å². The molecule has 3 aromatic rings. The summed E-state index contributed by atoms with van der Waals surface area (Å²) >= 11 is 0. The summed E-state index contributed by atoms with van der Waals surface area (Å²) in [5.74, 6) is -1.16. The maximum atomic E-state index is 13.4. The molecule has 6 nitrogen and oxygen atoms in total. The molecule has 0 spiro atoms. The first-order valence-electron chi connectivity index (χ1n) is 9.47. The minimum absolute atomic E-state index is 0.0475. The predicted octanol–water partition coefficient (Wildman–Crippen LogP) is 4.39. The highest BCUT2D eigenvalue weighted by Gasteiger charge is 2.34. The van der Waals surface area contributed by atoms with Crippen LogP contribution in [0.15, 0.2) is 60.7 Å². The van der Waals surface area contributed by atoms with Crippen molar-refractivity contribution < 1.29 is 28.7 Å². The zero-order chi connectivity index (χ0) is 22.9. The average Bonchev–Trinajstić information content (AvgIpc) is 2.72. The Labute approximate surface area is 179 Å². The molecule has 0 aromatic heterocycles. The van der Waals surface area contributed by atoms with Gasteiger partial charge in [-0.3, -0.25) is 18.9 Å². The number of hydrogen-bond acceptors (Lipinski definition) is 4. The van der Waals surface area contributed by atoms with Crippen LogP contribution in [0.2, 0.25) is 0 Å². The van der Waals surface area contributed by atoms with E-state index in [1.54, 1.807) is 55.5 Å². The number of carbonyl (C=O) groups is 3. The fourth-order valence-corrected chi connectivity index (χ4v) is 3.77. The van der Waals surface area contributed by atoms with Gasteiger partial charge < -0.3 is 9.79 Å². The quantitative estimate of drug-likeness (QED) is 0.438. The van der Waals surface area contributed by atoms with Gasteiger partial charge in [0.25, 0.3) is 5.52 Å². The van der Waals surface area contributed by atoms with Crippen LogP contribution in [0.1, 0.15) is 58.9 Å². The Balaban J connectivity index is 2.31. The van der Waals surface area contributed by atoms with Crippen LogP contribution in [-0.4, -0.2) is 26.9 Å². The number of benzene rings is 3. The fraction of sp³-hybridized carbons (Fsp3) is 0.125. The lowest BCUT2D eigenvalue weighted by Crippen LogP contribution is -2.18. The Bertz CT molecular complexity index is 1230. The summed E-state index contributed by atoms with van der Waals surface area (Å²) < 4.78 is 11.7. The maximum absolute atomic E-state index is 13.4. The monoisotopic (exact) mass is 436 g/mol. The molecule has 0 heterocycles. The van der Waals surface area contributed by atoms with Gasteiger partial charge in [0.1, 0.15) is 0 Å². The van der Waals surface area contributed by atoms with Crippen LogP contribution in [0.25, 0.3) is 0 Å². The van der Waals surface area contributed by atoms with Crippen LogP contribution >= 0.6 is 7.60 Å². The molecule has 0 saturated carbocycles. The van der Waals surface area contributed by atoms with Crippen LogP contribution in [0.3, 0.4) is 0 Å². The van der Waals surface area contributed by atoms with E-state index in [0.717, 1.165) is 11.1 Å². The summed E-state index contributed by atoms with van der Waals surface area (Å²) in [6, 6.07) is 15.8. The van der Waals surface area contributed by atoms with Gasteiger partial charge in [-0.2, -0.15) is 0 Å². The molecule has 0 unspecified atom stereocenters. The molecule has 0 saturated heterocycles. The molecule has 0 radical (unpaired) electrons. The van der Waals surface area contributed by atoms with Crippen molar-refractivity contribution in [3.63, 3.8) is 0 Å². The van der Waals surface area contributed by atoms with E-state index in [9.17, 15) is 28.7 Å². The van der Waals surface area contributed by atoms with Gasteiger partial charge in [-0.15, -0.1) is 0 Å². The smallest absolute Gasteiger partial charge is 0.319 e. The molecule has 2 N–H and O–H groups in total. The minimum atomic E-state index is -5.19. The number of rotatable bonds is 6. The van der Waals surface area contributed by atoms with Gasteiger partial charge in [0.15, 0.2) is 11.6 Å². The summed E-state index contributed by atoms with van der Waals surface area (Å²) in [5.41, 5.74) is 0.444. The largest absolute Gasteiger partial charge is 0.396 e. The standard InChI is InChI=1S/C24H21O6P/c1-14-4-9-17(10-5-14)22(25)20-16(3)8-13-19(24(27)31(28,29)30)21(20)23(26)18-11-6-15(2)7-12-18/h4-13H,1-3H3,(H2,28,29,30). The van der Waals surface area contributed by atoms with Crippen LogP contribution in [-0.2, 0) is 4.57 Å². The molecule has 0 aliphatic rings. The van der Waals surface area contributed by atoms with Crippen LogP contribution < -0.4 is 0 Å². The van der Waals surface area contributed by atoms with Crippen LogP contribution in [0.4, 0.5) is 0 Å². The summed E-state index contributed by atoms with van der Waals surface area (Å²) in [6.07, 6.45) is 0. The number of hydrogen-bond donors (Lipinski definition) is 2. The zero-order valence-electron chi connectivity index (χ0n) is 17.2. The van der Waals surface area contributed by atoms with Crippen molar-refractivity contribution >= 4 is 24.7 Å². The third-order valence-corrected chi connectivity index (χ3v) is 5.76. The third-order valence-electron chi connectivity index (χ3n) is 4.99. The van der Waals surface area contributed by atoms with E-state index in [-0.39, 0.29) is 16.7 Å². The number of carbonyl (C=O) groups excluding carboxylic acids is 3. The van der Waals surface area contributed by atoms with Gasteiger partial charge in [0.05, 0.1) is 0 Å². The van der Waals surface area contributed by atoms with Crippen molar-refractivity contribution in [1.29, 1.82) is 0 Å². The normalized spacial score (nSPS) is 11.3. The molecule has 0 bridgehead atoms. The average molecular weight is 436 g/mol. The van der Waals surface area contributed by atoms with E-state index in [4.69, 9.17) is 0 Å². The molecule has 31 heavy (non-hydrogen) atoms. The van der Waals surface area contributed by atoms with Gasteiger partial charge in [0.2, 0.25) is 0 Å². The van der Waals surface area contributed by atoms with E-state index in [1.807, 2.05) is 13.8 Å². The summed E-state index contributed by atoms with van der Waals surface area (Å²) in [4.78, 5) is 58.2. The van der Waals surface area contributed by atoms with Crippen molar-refractivity contribution in [2.75, 3.05) is 0 Å². The highest BCUT2D eigenvalue weighted by molar-refractivity contribution is 7.70. The van der Waals surface area contributed by atoms with Crippen molar-refractivity contribution in [2.45, 2.75) is 20.8 Å². The van der Waals surface area contributed by atoms with Gasteiger partial charge in [-0.25, -0.2) is 0 Å². The second kappa shape index (κ2) is 8.52.